The fraction of sp³-hybridized carbons (Fsp3) is 0.538. The molecule has 3 aliphatic rings. The van der Waals surface area contributed by atoms with Gasteiger partial charge in [-0.25, -0.2) is 4.98 Å². The quantitative estimate of drug-likeness (QED) is 0.598. The lowest BCUT2D eigenvalue weighted by Crippen LogP contribution is -2.57. The molecule has 3 aliphatic heterocycles. The molecule has 34 heavy (non-hydrogen) atoms. The third-order valence-corrected chi connectivity index (χ3v) is 7.54. The number of aliphatic hydroxyl groups excluding tert-OH is 1. The Kier molecular flexibility index (Phi) is 6.11. The van der Waals surface area contributed by atoms with E-state index in [1.54, 1.807) is 0 Å². The molecule has 0 radical (unpaired) electrons. The smallest absolute Gasteiger partial charge is 0.213 e. The molecule has 2 aromatic heterocycles. The predicted molar refractivity (Wildman–Crippen MR) is 130 cm³/mol. The third kappa shape index (κ3) is 4.62. The number of nitrogens with zero attached hydrogens (tertiary/aromatic N) is 5. The molecule has 0 saturated carbocycles. The van der Waals surface area contributed by atoms with Crippen LogP contribution in [0.5, 0.6) is 5.88 Å². The number of benzene rings is 1. The van der Waals surface area contributed by atoms with Crippen molar-refractivity contribution < 1.29 is 14.4 Å². The van der Waals surface area contributed by atoms with Crippen LogP contribution in [-0.4, -0.2) is 83.1 Å². The highest BCUT2D eigenvalue weighted by atomic mass is 16.5. The monoisotopic (exact) mass is 463 g/mol. The summed E-state index contributed by atoms with van der Waals surface area (Å²) in [5, 5.41) is 15.2. The zero-order valence-corrected chi connectivity index (χ0v) is 19.6. The van der Waals surface area contributed by atoms with Crippen LogP contribution in [0.1, 0.15) is 25.0 Å². The Bertz CT molecular complexity index is 1120. The Balaban J connectivity index is 1.01. The molecule has 1 aromatic carbocycles. The van der Waals surface area contributed by atoms with Crippen LogP contribution in [0.3, 0.4) is 0 Å². The summed E-state index contributed by atoms with van der Waals surface area (Å²) < 4.78 is 11.7. The zero-order valence-electron chi connectivity index (χ0n) is 19.6. The van der Waals surface area contributed by atoms with Gasteiger partial charge in [0.1, 0.15) is 0 Å². The van der Waals surface area contributed by atoms with Crippen molar-refractivity contribution >= 4 is 16.8 Å². The minimum absolute atomic E-state index is 0.202. The predicted octanol–water partition coefficient (Wildman–Crippen LogP) is 2.77. The second-order valence-electron chi connectivity index (χ2n) is 10.00. The lowest BCUT2D eigenvalue weighted by Gasteiger charge is -2.46. The number of ether oxygens (including phenoxy) is 1. The molecule has 3 fully saturated rings. The number of rotatable bonds is 6. The van der Waals surface area contributed by atoms with Gasteiger partial charge < -0.3 is 19.3 Å². The second-order valence-corrected chi connectivity index (χ2v) is 10.00. The SMILES string of the molecule is OC1CCN(Cc2cccc(OCC3CCC4CN(c5noc6ccccc56)CCN4C3)n2)C1. The molecule has 8 heteroatoms. The summed E-state index contributed by atoms with van der Waals surface area (Å²) in [6, 6.07) is 14.7. The normalized spacial score (nSPS) is 26.1. The zero-order chi connectivity index (χ0) is 22.9. The van der Waals surface area contributed by atoms with Crippen molar-refractivity contribution in [3.63, 3.8) is 0 Å². The van der Waals surface area contributed by atoms with Crippen LogP contribution in [0.4, 0.5) is 5.82 Å². The summed E-state index contributed by atoms with van der Waals surface area (Å²) in [6.45, 7) is 7.22. The van der Waals surface area contributed by atoms with Crippen molar-refractivity contribution in [1.82, 2.24) is 19.9 Å². The number of para-hydroxylation sites is 1. The van der Waals surface area contributed by atoms with E-state index in [1.807, 2.05) is 36.4 Å². The number of fused-ring (bicyclic) bond motifs is 2. The Hall–Kier alpha value is -2.68. The van der Waals surface area contributed by atoms with Crippen LogP contribution in [-0.2, 0) is 6.54 Å². The average Bonchev–Trinajstić information content (AvgIpc) is 3.48. The van der Waals surface area contributed by atoms with E-state index < -0.39 is 0 Å². The minimum Gasteiger partial charge on any atom is -0.477 e. The molecule has 8 nitrogen and oxygen atoms in total. The van der Waals surface area contributed by atoms with Gasteiger partial charge in [0, 0.05) is 63.8 Å². The number of β-amino-alcohol motifs (C(OH)–C–C–N with tert-alkyl or cyclic N) is 1. The van der Waals surface area contributed by atoms with Crippen LogP contribution < -0.4 is 9.64 Å². The van der Waals surface area contributed by atoms with Crippen molar-refractivity contribution in [3.05, 3.63) is 48.2 Å². The van der Waals surface area contributed by atoms with E-state index in [-0.39, 0.29) is 6.10 Å². The number of aromatic nitrogens is 2. The van der Waals surface area contributed by atoms with Crippen molar-refractivity contribution in [1.29, 1.82) is 0 Å². The van der Waals surface area contributed by atoms with Gasteiger partial charge in [-0.1, -0.05) is 23.4 Å². The fourth-order valence-corrected chi connectivity index (χ4v) is 5.70. The van der Waals surface area contributed by atoms with E-state index in [1.165, 1.54) is 12.8 Å². The summed E-state index contributed by atoms with van der Waals surface area (Å²) in [7, 11) is 0. The highest BCUT2D eigenvalue weighted by Gasteiger charge is 2.34. The Morgan fingerprint density at radius 1 is 0.971 bits per heavy atom. The van der Waals surface area contributed by atoms with E-state index in [2.05, 4.69) is 25.9 Å². The van der Waals surface area contributed by atoms with Gasteiger partial charge in [0.15, 0.2) is 11.4 Å². The van der Waals surface area contributed by atoms with Crippen molar-refractivity contribution in [2.24, 2.45) is 5.92 Å². The first-order valence-corrected chi connectivity index (χ1v) is 12.5. The van der Waals surface area contributed by atoms with Crippen LogP contribution in [0, 0.1) is 5.92 Å². The maximum absolute atomic E-state index is 9.75. The molecule has 3 unspecified atom stereocenters. The summed E-state index contributed by atoms with van der Waals surface area (Å²) in [5.74, 6) is 2.21. The number of piperazine rings is 1. The number of aliphatic hydroxyl groups is 1. The molecule has 1 N–H and O–H groups in total. The average molecular weight is 464 g/mol. The van der Waals surface area contributed by atoms with E-state index in [0.29, 0.717) is 24.4 Å². The number of piperidine rings is 1. The van der Waals surface area contributed by atoms with Gasteiger partial charge in [-0.3, -0.25) is 9.80 Å². The molecular weight excluding hydrogens is 430 g/mol. The van der Waals surface area contributed by atoms with E-state index >= 15 is 0 Å². The molecule has 0 bridgehead atoms. The van der Waals surface area contributed by atoms with Gasteiger partial charge in [-0.05, 0) is 37.5 Å². The molecule has 5 heterocycles. The highest BCUT2D eigenvalue weighted by molar-refractivity contribution is 5.88. The van der Waals surface area contributed by atoms with Gasteiger partial charge >= 0.3 is 0 Å². The molecule has 3 saturated heterocycles. The Morgan fingerprint density at radius 3 is 2.82 bits per heavy atom. The van der Waals surface area contributed by atoms with Crippen molar-refractivity contribution in [2.45, 2.75) is 38.0 Å². The number of hydrogen-bond donors (Lipinski definition) is 1. The summed E-state index contributed by atoms with van der Waals surface area (Å²) >= 11 is 0. The van der Waals surface area contributed by atoms with Crippen LogP contribution in [0.15, 0.2) is 47.0 Å². The number of anilines is 1. The van der Waals surface area contributed by atoms with Gasteiger partial charge in [-0.15, -0.1) is 0 Å². The topological polar surface area (TPSA) is 78.1 Å². The number of pyridine rings is 1. The fourth-order valence-electron chi connectivity index (χ4n) is 5.70. The molecule has 3 atom stereocenters. The summed E-state index contributed by atoms with van der Waals surface area (Å²) in [6.07, 6.45) is 2.99. The maximum Gasteiger partial charge on any atom is 0.213 e. The molecule has 0 amide bonds. The third-order valence-electron chi connectivity index (χ3n) is 7.54. The second kappa shape index (κ2) is 9.52. The minimum atomic E-state index is -0.202. The molecule has 3 aromatic rings. The first-order chi connectivity index (χ1) is 16.7. The van der Waals surface area contributed by atoms with Gasteiger partial charge in [0.05, 0.1) is 23.8 Å². The van der Waals surface area contributed by atoms with E-state index in [4.69, 9.17) is 14.2 Å². The number of likely N-dealkylation sites (tertiary alicyclic amines) is 1. The number of hydrogen-bond acceptors (Lipinski definition) is 8. The maximum atomic E-state index is 9.75. The lowest BCUT2D eigenvalue weighted by molar-refractivity contribution is 0.0716. The summed E-state index contributed by atoms with van der Waals surface area (Å²) in [4.78, 5) is 12.0. The lowest BCUT2D eigenvalue weighted by atomic mass is 9.91. The van der Waals surface area contributed by atoms with Gasteiger partial charge in [-0.2, -0.15) is 0 Å². The Morgan fingerprint density at radius 2 is 1.91 bits per heavy atom. The molecule has 6 rings (SSSR count). The molecule has 0 spiro atoms. The first kappa shape index (κ1) is 21.8. The van der Waals surface area contributed by atoms with Crippen molar-refractivity contribution in [3.8, 4) is 5.88 Å². The van der Waals surface area contributed by atoms with Crippen LogP contribution >= 0.6 is 0 Å². The molecule has 180 valence electrons. The Labute approximate surface area is 200 Å². The van der Waals surface area contributed by atoms with Crippen LogP contribution in [0.2, 0.25) is 0 Å². The van der Waals surface area contributed by atoms with E-state index in [9.17, 15) is 5.11 Å². The van der Waals surface area contributed by atoms with Gasteiger partial charge in [0.25, 0.3) is 0 Å². The van der Waals surface area contributed by atoms with Crippen molar-refractivity contribution in [2.75, 3.05) is 50.8 Å². The van der Waals surface area contributed by atoms with Crippen LogP contribution in [0.25, 0.3) is 11.0 Å². The molecular formula is C26H33N5O3. The largest absolute Gasteiger partial charge is 0.477 e. The first-order valence-electron chi connectivity index (χ1n) is 12.5. The van der Waals surface area contributed by atoms with Gasteiger partial charge in [0.2, 0.25) is 5.88 Å². The standard InChI is InChI=1S/C26H33N5O3/c32-22-10-11-29(17-22)15-20-4-3-7-25(27-20)33-18-19-8-9-21-16-31(13-12-30(21)14-19)26-23-5-1-2-6-24(23)34-28-26/h1-7,19,21-22,32H,8-18H2. The highest BCUT2D eigenvalue weighted by Crippen LogP contribution is 2.31. The molecule has 0 aliphatic carbocycles. The summed E-state index contributed by atoms with van der Waals surface area (Å²) in [5.41, 5.74) is 1.86. The van der Waals surface area contributed by atoms with E-state index in [0.717, 1.165) is 74.7 Å².